The molecule has 1 saturated carbocycles. The standard InChI is InChI=1S/C12H14BrF/c1-8-6-10(4-5-12(8)14)11(13)7-9-2-3-9/h4-6,9,11H,2-3,7H2,1H3. The maximum Gasteiger partial charge on any atom is 0.126 e. The molecule has 1 aromatic carbocycles. The van der Waals surface area contributed by atoms with Crippen molar-refractivity contribution in [3.8, 4) is 0 Å². The summed E-state index contributed by atoms with van der Waals surface area (Å²) in [7, 11) is 0. The van der Waals surface area contributed by atoms with Crippen LogP contribution in [-0.4, -0.2) is 0 Å². The molecular weight excluding hydrogens is 243 g/mol. The lowest BCUT2D eigenvalue weighted by Crippen LogP contribution is -1.93. The van der Waals surface area contributed by atoms with Crippen LogP contribution in [0.2, 0.25) is 0 Å². The van der Waals surface area contributed by atoms with Crippen LogP contribution in [0.1, 0.15) is 35.2 Å². The predicted octanol–water partition coefficient (Wildman–Crippen LogP) is 4.37. The van der Waals surface area contributed by atoms with Gasteiger partial charge in [-0.25, -0.2) is 4.39 Å². The molecule has 1 unspecified atom stereocenters. The summed E-state index contributed by atoms with van der Waals surface area (Å²) in [5.41, 5.74) is 1.94. The van der Waals surface area contributed by atoms with Gasteiger partial charge in [-0.3, -0.25) is 0 Å². The Kier molecular flexibility index (Phi) is 2.91. The second-order valence-electron chi connectivity index (χ2n) is 4.16. The van der Waals surface area contributed by atoms with Gasteiger partial charge < -0.3 is 0 Å². The predicted molar refractivity (Wildman–Crippen MR) is 60.1 cm³/mol. The van der Waals surface area contributed by atoms with Gasteiger partial charge in [-0.1, -0.05) is 40.9 Å². The van der Waals surface area contributed by atoms with Gasteiger partial charge in [0.1, 0.15) is 5.82 Å². The fraction of sp³-hybridized carbons (Fsp3) is 0.500. The van der Waals surface area contributed by atoms with Crippen LogP contribution in [0.3, 0.4) is 0 Å². The number of hydrogen-bond donors (Lipinski definition) is 0. The Labute approximate surface area is 92.6 Å². The lowest BCUT2D eigenvalue weighted by atomic mass is 10.0. The minimum atomic E-state index is -0.111. The molecule has 0 radical (unpaired) electrons. The summed E-state index contributed by atoms with van der Waals surface area (Å²) in [6.45, 7) is 1.82. The molecule has 0 nitrogen and oxygen atoms in total. The number of hydrogen-bond acceptors (Lipinski definition) is 0. The second kappa shape index (κ2) is 4.01. The Bertz CT molecular complexity index is 331. The zero-order valence-corrected chi connectivity index (χ0v) is 9.85. The molecular formula is C12H14BrF. The highest BCUT2D eigenvalue weighted by Gasteiger charge is 2.25. The fourth-order valence-corrected chi connectivity index (χ4v) is 2.46. The van der Waals surface area contributed by atoms with E-state index >= 15 is 0 Å². The minimum absolute atomic E-state index is 0.111. The highest BCUT2D eigenvalue weighted by atomic mass is 79.9. The van der Waals surface area contributed by atoms with Gasteiger partial charge in [0.05, 0.1) is 0 Å². The lowest BCUT2D eigenvalue weighted by Gasteiger charge is -2.10. The Balaban J connectivity index is 2.10. The molecule has 0 spiro atoms. The monoisotopic (exact) mass is 256 g/mol. The van der Waals surface area contributed by atoms with E-state index in [0.717, 1.165) is 11.5 Å². The summed E-state index contributed by atoms with van der Waals surface area (Å²) in [6.07, 6.45) is 3.91. The third-order valence-corrected chi connectivity index (χ3v) is 3.68. The molecule has 0 N–H and O–H groups in total. The summed E-state index contributed by atoms with van der Waals surface area (Å²) in [5, 5.41) is 0. The first-order chi connectivity index (χ1) is 6.66. The van der Waals surface area contributed by atoms with Gasteiger partial charge in [0.25, 0.3) is 0 Å². The van der Waals surface area contributed by atoms with Gasteiger partial charge in [-0.15, -0.1) is 0 Å². The van der Waals surface area contributed by atoms with E-state index in [1.165, 1.54) is 24.8 Å². The third-order valence-electron chi connectivity index (χ3n) is 2.78. The molecule has 1 atom stereocenters. The van der Waals surface area contributed by atoms with Gasteiger partial charge in [0, 0.05) is 4.83 Å². The second-order valence-corrected chi connectivity index (χ2v) is 5.26. The Morgan fingerprint density at radius 1 is 1.50 bits per heavy atom. The van der Waals surface area contributed by atoms with Crippen molar-refractivity contribution < 1.29 is 4.39 Å². The largest absolute Gasteiger partial charge is 0.207 e. The topological polar surface area (TPSA) is 0 Å². The van der Waals surface area contributed by atoms with Crippen LogP contribution < -0.4 is 0 Å². The van der Waals surface area contributed by atoms with E-state index in [9.17, 15) is 4.39 Å². The van der Waals surface area contributed by atoms with Crippen molar-refractivity contribution in [2.24, 2.45) is 5.92 Å². The van der Waals surface area contributed by atoms with E-state index in [0.29, 0.717) is 4.83 Å². The van der Waals surface area contributed by atoms with Gasteiger partial charge in [0.15, 0.2) is 0 Å². The van der Waals surface area contributed by atoms with Crippen LogP contribution in [0.25, 0.3) is 0 Å². The zero-order chi connectivity index (χ0) is 10.1. The number of aryl methyl sites for hydroxylation is 1. The van der Waals surface area contributed by atoms with Crippen molar-refractivity contribution in [3.05, 3.63) is 35.1 Å². The van der Waals surface area contributed by atoms with Crippen molar-refractivity contribution in [2.45, 2.75) is 31.0 Å². The van der Waals surface area contributed by atoms with Gasteiger partial charge in [-0.2, -0.15) is 0 Å². The lowest BCUT2D eigenvalue weighted by molar-refractivity contribution is 0.616. The third kappa shape index (κ3) is 2.35. The molecule has 1 fully saturated rings. The molecule has 76 valence electrons. The van der Waals surface area contributed by atoms with E-state index < -0.39 is 0 Å². The number of benzene rings is 1. The van der Waals surface area contributed by atoms with Crippen molar-refractivity contribution in [3.63, 3.8) is 0 Å². The van der Waals surface area contributed by atoms with Crippen molar-refractivity contribution >= 4 is 15.9 Å². The van der Waals surface area contributed by atoms with Crippen molar-refractivity contribution in [1.82, 2.24) is 0 Å². The van der Waals surface area contributed by atoms with Gasteiger partial charge >= 0.3 is 0 Å². The van der Waals surface area contributed by atoms with E-state index in [1.54, 1.807) is 6.07 Å². The average molecular weight is 257 g/mol. The summed E-state index contributed by atoms with van der Waals surface area (Å²) in [6, 6.07) is 5.38. The smallest absolute Gasteiger partial charge is 0.126 e. The molecule has 1 aliphatic rings. The highest BCUT2D eigenvalue weighted by Crippen LogP contribution is 2.41. The molecule has 0 heterocycles. The summed E-state index contributed by atoms with van der Waals surface area (Å²) >= 11 is 3.66. The SMILES string of the molecule is Cc1cc(C(Br)CC2CC2)ccc1F. The summed E-state index contributed by atoms with van der Waals surface area (Å²) in [4.78, 5) is 0.397. The molecule has 14 heavy (non-hydrogen) atoms. The van der Waals surface area contributed by atoms with Crippen LogP contribution in [0.15, 0.2) is 18.2 Å². The van der Waals surface area contributed by atoms with Crippen molar-refractivity contribution in [2.75, 3.05) is 0 Å². The van der Waals surface area contributed by atoms with Crippen LogP contribution >= 0.6 is 15.9 Å². The first kappa shape index (κ1) is 10.2. The Morgan fingerprint density at radius 3 is 2.79 bits per heavy atom. The first-order valence-corrected chi connectivity index (χ1v) is 5.98. The van der Waals surface area contributed by atoms with Crippen LogP contribution in [-0.2, 0) is 0 Å². The maximum absolute atomic E-state index is 13.0. The molecule has 0 bridgehead atoms. The number of alkyl halides is 1. The molecule has 1 aliphatic carbocycles. The van der Waals surface area contributed by atoms with E-state index in [-0.39, 0.29) is 5.82 Å². The molecule has 0 saturated heterocycles. The van der Waals surface area contributed by atoms with Gasteiger partial charge in [-0.05, 0) is 36.5 Å². The van der Waals surface area contributed by atoms with Crippen LogP contribution in [0.5, 0.6) is 0 Å². The molecule has 2 heteroatoms. The number of rotatable bonds is 3. The maximum atomic E-state index is 13.0. The quantitative estimate of drug-likeness (QED) is 0.705. The molecule has 2 rings (SSSR count). The minimum Gasteiger partial charge on any atom is -0.207 e. The van der Waals surface area contributed by atoms with E-state index in [2.05, 4.69) is 15.9 Å². The normalized spacial score (nSPS) is 18.2. The Hall–Kier alpha value is -0.370. The van der Waals surface area contributed by atoms with Crippen LogP contribution in [0.4, 0.5) is 4.39 Å². The average Bonchev–Trinajstić information content (AvgIpc) is 2.93. The molecule has 1 aromatic rings. The van der Waals surface area contributed by atoms with E-state index in [1.807, 2.05) is 19.1 Å². The first-order valence-electron chi connectivity index (χ1n) is 5.07. The number of halogens is 2. The van der Waals surface area contributed by atoms with Crippen LogP contribution in [0, 0.1) is 18.7 Å². The fourth-order valence-electron chi connectivity index (χ4n) is 1.65. The Morgan fingerprint density at radius 2 is 2.21 bits per heavy atom. The molecule has 0 aliphatic heterocycles. The molecule has 0 amide bonds. The highest BCUT2D eigenvalue weighted by molar-refractivity contribution is 9.09. The molecule has 0 aromatic heterocycles. The summed E-state index contributed by atoms with van der Waals surface area (Å²) < 4.78 is 13.0. The zero-order valence-electron chi connectivity index (χ0n) is 8.26. The van der Waals surface area contributed by atoms with Gasteiger partial charge in [0.2, 0.25) is 0 Å². The van der Waals surface area contributed by atoms with E-state index in [4.69, 9.17) is 0 Å². The summed E-state index contributed by atoms with van der Waals surface area (Å²) in [5.74, 6) is 0.782. The van der Waals surface area contributed by atoms with Crippen molar-refractivity contribution in [1.29, 1.82) is 0 Å².